The molecular weight excluding hydrogens is 223 g/mol. The Balaban J connectivity index is 2.04. The number of amidine groups is 1. The average Bonchev–Trinajstić information content (AvgIpc) is 2.80. The summed E-state index contributed by atoms with van der Waals surface area (Å²) in [6, 6.07) is 4.79. The van der Waals surface area contributed by atoms with Crippen LogP contribution in [-0.2, 0) is 16.1 Å². The maximum absolute atomic E-state index is 13.9. The summed E-state index contributed by atoms with van der Waals surface area (Å²) < 4.78 is 24.6. The third-order valence-electron chi connectivity index (χ3n) is 2.73. The smallest absolute Gasteiger partial charge is 0.139 e. The van der Waals surface area contributed by atoms with Gasteiger partial charge in [-0.15, -0.1) is 0 Å². The van der Waals surface area contributed by atoms with Gasteiger partial charge >= 0.3 is 0 Å². The van der Waals surface area contributed by atoms with Crippen LogP contribution in [0.2, 0.25) is 0 Å². The highest BCUT2D eigenvalue weighted by atomic mass is 19.1. The van der Waals surface area contributed by atoms with E-state index < -0.39 is 5.82 Å². The molecule has 0 saturated carbocycles. The number of nitrogen functional groups attached to an aromatic ring is 1. The summed E-state index contributed by atoms with van der Waals surface area (Å²) in [6.07, 6.45) is 0.879. The lowest BCUT2D eigenvalue weighted by atomic mass is 10.1. The molecule has 3 N–H and O–H groups in total. The maximum Gasteiger partial charge on any atom is 0.139 e. The van der Waals surface area contributed by atoms with Crippen molar-refractivity contribution >= 4 is 5.84 Å². The summed E-state index contributed by atoms with van der Waals surface area (Å²) in [5.41, 5.74) is 5.82. The quantitative estimate of drug-likeness (QED) is 0.615. The summed E-state index contributed by atoms with van der Waals surface area (Å²) in [5, 5.41) is 7.25. The van der Waals surface area contributed by atoms with Gasteiger partial charge in [0.1, 0.15) is 11.7 Å². The second-order valence-corrected chi connectivity index (χ2v) is 3.99. The monoisotopic (exact) mass is 238 g/mol. The van der Waals surface area contributed by atoms with Gasteiger partial charge in [-0.2, -0.15) is 0 Å². The largest absolute Gasteiger partial charge is 0.384 e. The number of ether oxygens (including phenoxy) is 2. The highest BCUT2D eigenvalue weighted by Gasteiger charge is 2.17. The van der Waals surface area contributed by atoms with Gasteiger partial charge in [0.25, 0.3) is 0 Å². The minimum atomic E-state index is -0.473. The fourth-order valence-electron chi connectivity index (χ4n) is 1.75. The molecule has 0 spiro atoms. The van der Waals surface area contributed by atoms with Crippen molar-refractivity contribution < 1.29 is 13.9 Å². The molecule has 0 aliphatic carbocycles. The van der Waals surface area contributed by atoms with Crippen molar-refractivity contribution in [2.45, 2.75) is 19.1 Å². The van der Waals surface area contributed by atoms with Crippen molar-refractivity contribution in [3.05, 3.63) is 35.1 Å². The molecule has 1 saturated heterocycles. The zero-order valence-corrected chi connectivity index (χ0v) is 9.41. The van der Waals surface area contributed by atoms with E-state index in [1.54, 1.807) is 12.1 Å². The van der Waals surface area contributed by atoms with Crippen LogP contribution in [0.5, 0.6) is 0 Å². The molecule has 1 fully saturated rings. The van der Waals surface area contributed by atoms with Gasteiger partial charge in [-0.1, -0.05) is 12.1 Å². The van der Waals surface area contributed by atoms with Crippen LogP contribution in [-0.4, -0.2) is 25.2 Å². The van der Waals surface area contributed by atoms with Crippen molar-refractivity contribution in [2.75, 3.05) is 13.2 Å². The van der Waals surface area contributed by atoms with E-state index in [0.717, 1.165) is 6.42 Å². The zero-order chi connectivity index (χ0) is 12.3. The van der Waals surface area contributed by atoms with E-state index in [2.05, 4.69) is 0 Å². The van der Waals surface area contributed by atoms with Crippen molar-refractivity contribution in [1.29, 1.82) is 5.41 Å². The van der Waals surface area contributed by atoms with Gasteiger partial charge in [0.2, 0.25) is 0 Å². The topological polar surface area (TPSA) is 68.3 Å². The number of benzene rings is 1. The lowest BCUT2D eigenvalue weighted by Crippen LogP contribution is -2.16. The van der Waals surface area contributed by atoms with E-state index >= 15 is 0 Å². The summed E-state index contributed by atoms with van der Waals surface area (Å²) in [6.45, 7) is 1.44. The van der Waals surface area contributed by atoms with Gasteiger partial charge in [-0.3, -0.25) is 5.41 Å². The van der Waals surface area contributed by atoms with E-state index in [-0.39, 0.29) is 24.1 Å². The molecular formula is C12H15FN2O2. The fourth-order valence-corrected chi connectivity index (χ4v) is 1.75. The van der Waals surface area contributed by atoms with Crippen LogP contribution in [0.3, 0.4) is 0 Å². The number of halogens is 1. The minimum Gasteiger partial charge on any atom is -0.384 e. The van der Waals surface area contributed by atoms with Crippen molar-refractivity contribution in [2.24, 2.45) is 5.73 Å². The molecule has 0 radical (unpaired) electrons. The molecule has 1 atom stereocenters. The Labute approximate surface area is 99.0 Å². The molecule has 1 aromatic rings. The Morgan fingerprint density at radius 2 is 2.41 bits per heavy atom. The van der Waals surface area contributed by atoms with E-state index in [9.17, 15) is 4.39 Å². The van der Waals surface area contributed by atoms with Crippen molar-refractivity contribution in [3.63, 3.8) is 0 Å². The molecule has 1 aliphatic heterocycles. The zero-order valence-electron chi connectivity index (χ0n) is 9.41. The Bertz CT molecular complexity index is 417. The van der Waals surface area contributed by atoms with Crippen LogP contribution in [0.25, 0.3) is 0 Å². The predicted molar refractivity (Wildman–Crippen MR) is 61.4 cm³/mol. The van der Waals surface area contributed by atoms with Gasteiger partial charge in [0.15, 0.2) is 0 Å². The van der Waals surface area contributed by atoms with Gasteiger partial charge in [-0.05, 0) is 12.5 Å². The van der Waals surface area contributed by atoms with Crippen LogP contribution in [0.1, 0.15) is 17.5 Å². The molecule has 92 valence electrons. The Kier molecular flexibility index (Phi) is 3.71. The SMILES string of the molecule is N=C(N)c1cccc(COC2CCOC2)c1F. The molecule has 1 unspecified atom stereocenters. The number of hydrogen-bond acceptors (Lipinski definition) is 3. The lowest BCUT2D eigenvalue weighted by molar-refractivity contribution is 0.0304. The summed E-state index contributed by atoms with van der Waals surface area (Å²) in [7, 11) is 0. The molecule has 4 nitrogen and oxygen atoms in total. The third-order valence-corrected chi connectivity index (χ3v) is 2.73. The van der Waals surface area contributed by atoms with Gasteiger partial charge in [-0.25, -0.2) is 4.39 Å². The summed E-state index contributed by atoms with van der Waals surface area (Å²) in [4.78, 5) is 0. The van der Waals surface area contributed by atoms with Gasteiger partial charge in [0.05, 0.1) is 24.9 Å². The normalized spacial score (nSPS) is 19.5. The first-order valence-electron chi connectivity index (χ1n) is 5.49. The predicted octanol–water partition coefficient (Wildman–Crippen LogP) is 1.42. The van der Waals surface area contributed by atoms with Crippen LogP contribution >= 0.6 is 0 Å². The number of hydrogen-bond donors (Lipinski definition) is 2. The molecule has 0 amide bonds. The first kappa shape index (κ1) is 12.0. The highest BCUT2D eigenvalue weighted by Crippen LogP contribution is 2.16. The first-order valence-corrected chi connectivity index (χ1v) is 5.49. The number of nitrogens with one attached hydrogen (secondary N) is 1. The molecule has 0 bridgehead atoms. The highest BCUT2D eigenvalue weighted by molar-refractivity contribution is 5.95. The molecule has 2 rings (SSSR count). The molecule has 1 heterocycles. The van der Waals surface area contributed by atoms with E-state index in [4.69, 9.17) is 20.6 Å². The summed E-state index contributed by atoms with van der Waals surface area (Å²) in [5.74, 6) is -0.743. The van der Waals surface area contributed by atoms with E-state index in [1.807, 2.05) is 0 Å². The molecule has 0 aromatic heterocycles. The number of rotatable bonds is 4. The van der Waals surface area contributed by atoms with Crippen LogP contribution in [0, 0.1) is 11.2 Å². The average molecular weight is 238 g/mol. The molecule has 5 heteroatoms. The van der Waals surface area contributed by atoms with E-state index in [0.29, 0.717) is 18.8 Å². The van der Waals surface area contributed by atoms with Gasteiger partial charge in [0, 0.05) is 12.2 Å². The van der Waals surface area contributed by atoms with Crippen LogP contribution < -0.4 is 5.73 Å². The maximum atomic E-state index is 13.9. The lowest BCUT2D eigenvalue weighted by Gasteiger charge is -2.11. The third kappa shape index (κ3) is 2.81. The molecule has 1 aliphatic rings. The second-order valence-electron chi connectivity index (χ2n) is 3.99. The standard InChI is InChI=1S/C12H15FN2O2/c13-11-8(2-1-3-10(11)12(14)15)6-17-9-4-5-16-7-9/h1-3,9H,4-7H2,(H3,14,15). The van der Waals surface area contributed by atoms with Crippen LogP contribution in [0.15, 0.2) is 18.2 Å². The molecule has 17 heavy (non-hydrogen) atoms. The van der Waals surface area contributed by atoms with Crippen molar-refractivity contribution in [1.82, 2.24) is 0 Å². The summed E-state index contributed by atoms with van der Waals surface area (Å²) >= 11 is 0. The Hall–Kier alpha value is -1.46. The Morgan fingerprint density at radius 1 is 1.59 bits per heavy atom. The Morgan fingerprint density at radius 3 is 3.06 bits per heavy atom. The van der Waals surface area contributed by atoms with Crippen LogP contribution in [0.4, 0.5) is 4.39 Å². The second kappa shape index (κ2) is 5.25. The molecule has 1 aromatic carbocycles. The van der Waals surface area contributed by atoms with E-state index in [1.165, 1.54) is 6.07 Å². The fraction of sp³-hybridized carbons (Fsp3) is 0.417. The number of nitrogens with two attached hydrogens (primary N) is 1. The van der Waals surface area contributed by atoms with Gasteiger partial charge < -0.3 is 15.2 Å². The first-order chi connectivity index (χ1) is 8.18. The minimum absolute atomic E-state index is 0.0374. The van der Waals surface area contributed by atoms with Crippen molar-refractivity contribution in [3.8, 4) is 0 Å².